The third-order valence-corrected chi connectivity index (χ3v) is 7.92. The molecule has 0 atom stereocenters. The number of nitrogens with zero attached hydrogens (tertiary/aromatic N) is 1. The van der Waals surface area contributed by atoms with Crippen LogP contribution in [-0.4, -0.2) is 53.1 Å². The standard InChI is InChI=1S/C20H32N2O4S/c1-25-18-5-6-19(26-2)20(15-18)27(23,24)22-13-9-17(10-14-22)4-3-16-7-11-21-12-8-16/h5-6,15-17,21H,3-4,7-14H2,1-2H3. The Labute approximate surface area is 163 Å². The highest BCUT2D eigenvalue weighted by atomic mass is 32.2. The number of nitrogens with one attached hydrogen (secondary N) is 1. The molecule has 2 aliphatic heterocycles. The number of methoxy groups -OCH3 is 2. The summed E-state index contributed by atoms with van der Waals surface area (Å²) in [6, 6.07) is 4.92. The van der Waals surface area contributed by atoms with Crippen LogP contribution in [0.25, 0.3) is 0 Å². The van der Waals surface area contributed by atoms with Crippen molar-refractivity contribution in [2.24, 2.45) is 11.8 Å². The molecule has 1 N–H and O–H groups in total. The van der Waals surface area contributed by atoms with E-state index < -0.39 is 10.0 Å². The van der Waals surface area contributed by atoms with Crippen molar-refractivity contribution in [3.8, 4) is 11.5 Å². The fraction of sp³-hybridized carbons (Fsp3) is 0.700. The Bertz CT molecular complexity index is 709. The molecule has 152 valence electrons. The average Bonchev–Trinajstić information content (AvgIpc) is 2.72. The van der Waals surface area contributed by atoms with Gasteiger partial charge in [-0.15, -0.1) is 0 Å². The Balaban J connectivity index is 1.59. The van der Waals surface area contributed by atoms with Crippen LogP contribution in [0, 0.1) is 11.8 Å². The second-order valence-corrected chi connectivity index (χ2v) is 9.54. The van der Waals surface area contributed by atoms with Crippen LogP contribution in [0.15, 0.2) is 23.1 Å². The summed E-state index contributed by atoms with van der Waals surface area (Å²) in [6.45, 7) is 3.45. The van der Waals surface area contributed by atoms with Crippen molar-refractivity contribution in [3.05, 3.63) is 18.2 Å². The minimum absolute atomic E-state index is 0.192. The molecule has 27 heavy (non-hydrogen) atoms. The zero-order chi connectivity index (χ0) is 19.3. The molecule has 0 aliphatic carbocycles. The van der Waals surface area contributed by atoms with E-state index in [9.17, 15) is 8.42 Å². The SMILES string of the molecule is COc1ccc(OC)c(S(=O)(=O)N2CCC(CCC3CCNCC3)CC2)c1. The molecular formula is C20H32N2O4S. The molecule has 6 nitrogen and oxygen atoms in total. The molecule has 3 rings (SSSR count). The molecule has 7 heteroatoms. The van der Waals surface area contributed by atoms with E-state index >= 15 is 0 Å². The minimum atomic E-state index is -3.58. The summed E-state index contributed by atoms with van der Waals surface area (Å²) in [6.07, 6.45) is 6.95. The topological polar surface area (TPSA) is 67.9 Å². The van der Waals surface area contributed by atoms with Crippen molar-refractivity contribution >= 4 is 10.0 Å². The minimum Gasteiger partial charge on any atom is -0.497 e. The first kappa shape index (κ1) is 20.4. The van der Waals surface area contributed by atoms with Crippen LogP contribution in [0.1, 0.15) is 38.5 Å². The second kappa shape index (κ2) is 9.26. The Morgan fingerprint density at radius 2 is 1.63 bits per heavy atom. The normalized spacial score (nSPS) is 20.5. The van der Waals surface area contributed by atoms with Crippen LogP contribution in [0.2, 0.25) is 0 Å². The van der Waals surface area contributed by atoms with Crippen molar-refractivity contribution < 1.29 is 17.9 Å². The lowest BCUT2D eigenvalue weighted by Gasteiger charge is -2.32. The Hall–Kier alpha value is -1.31. The first-order valence-electron chi connectivity index (χ1n) is 9.97. The van der Waals surface area contributed by atoms with E-state index in [1.54, 1.807) is 22.5 Å². The predicted octanol–water partition coefficient (Wildman–Crippen LogP) is 2.88. The molecule has 0 saturated carbocycles. The van der Waals surface area contributed by atoms with E-state index in [0.29, 0.717) is 30.5 Å². The van der Waals surface area contributed by atoms with Gasteiger partial charge in [0, 0.05) is 19.2 Å². The molecule has 0 spiro atoms. The van der Waals surface area contributed by atoms with E-state index in [4.69, 9.17) is 9.47 Å². The zero-order valence-electron chi connectivity index (χ0n) is 16.4. The maximum absolute atomic E-state index is 13.1. The van der Waals surface area contributed by atoms with E-state index in [0.717, 1.165) is 31.8 Å². The maximum atomic E-state index is 13.1. The Morgan fingerprint density at radius 1 is 1.00 bits per heavy atom. The molecule has 2 aliphatic rings. The molecular weight excluding hydrogens is 364 g/mol. The van der Waals surface area contributed by atoms with Gasteiger partial charge >= 0.3 is 0 Å². The Kier molecular flexibility index (Phi) is 7.00. The molecule has 2 heterocycles. The van der Waals surface area contributed by atoms with E-state index in [-0.39, 0.29) is 4.90 Å². The first-order chi connectivity index (χ1) is 13.0. The van der Waals surface area contributed by atoms with Gasteiger partial charge in [0.25, 0.3) is 0 Å². The zero-order valence-corrected chi connectivity index (χ0v) is 17.3. The average molecular weight is 397 g/mol. The smallest absolute Gasteiger partial charge is 0.246 e. The van der Waals surface area contributed by atoms with E-state index in [1.165, 1.54) is 39.9 Å². The molecule has 0 aromatic heterocycles. The highest BCUT2D eigenvalue weighted by Gasteiger charge is 2.32. The van der Waals surface area contributed by atoms with Gasteiger partial charge < -0.3 is 14.8 Å². The lowest BCUT2D eigenvalue weighted by molar-refractivity contribution is 0.239. The number of hydrogen-bond donors (Lipinski definition) is 1. The van der Waals surface area contributed by atoms with Gasteiger partial charge in [-0.3, -0.25) is 0 Å². The summed E-state index contributed by atoms with van der Waals surface area (Å²) >= 11 is 0. The van der Waals surface area contributed by atoms with E-state index in [1.807, 2.05) is 0 Å². The quantitative estimate of drug-likeness (QED) is 0.768. The summed E-state index contributed by atoms with van der Waals surface area (Å²) in [5.41, 5.74) is 0. The van der Waals surface area contributed by atoms with Gasteiger partial charge in [-0.05, 0) is 62.7 Å². The van der Waals surface area contributed by atoms with Crippen LogP contribution in [-0.2, 0) is 10.0 Å². The summed E-state index contributed by atoms with van der Waals surface area (Å²) in [7, 11) is -0.548. The number of ether oxygens (including phenoxy) is 2. The molecule has 0 amide bonds. The third-order valence-electron chi connectivity index (χ3n) is 6.00. The lowest BCUT2D eigenvalue weighted by Crippen LogP contribution is -2.38. The second-order valence-electron chi connectivity index (χ2n) is 7.63. The van der Waals surface area contributed by atoms with Crippen LogP contribution < -0.4 is 14.8 Å². The van der Waals surface area contributed by atoms with Crippen molar-refractivity contribution in [3.63, 3.8) is 0 Å². The molecule has 2 fully saturated rings. The van der Waals surface area contributed by atoms with Gasteiger partial charge in [0.1, 0.15) is 16.4 Å². The van der Waals surface area contributed by atoms with Crippen molar-refractivity contribution in [2.75, 3.05) is 40.4 Å². The van der Waals surface area contributed by atoms with E-state index in [2.05, 4.69) is 5.32 Å². The number of piperidine rings is 2. The van der Waals surface area contributed by atoms with Crippen LogP contribution >= 0.6 is 0 Å². The lowest BCUT2D eigenvalue weighted by atomic mass is 9.86. The summed E-state index contributed by atoms with van der Waals surface area (Å²) < 4.78 is 38.3. The largest absolute Gasteiger partial charge is 0.497 e. The van der Waals surface area contributed by atoms with Gasteiger partial charge in [-0.2, -0.15) is 4.31 Å². The van der Waals surface area contributed by atoms with Gasteiger partial charge in [0.2, 0.25) is 10.0 Å². The van der Waals surface area contributed by atoms with Crippen LogP contribution in [0.5, 0.6) is 11.5 Å². The fourth-order valence-electron chi connectivity index (χ4n) is 4.20. The van der Waals surface area contributed by atoms with Crippen molar-refractivity contribution in [1.29, 1.82) is 0 Å². The molecule has 0 bridgehead atoms. The number of sulfonamides is 1. The Morgan fingerprint density at radius 3 is 2.22 bits per heavy atom. The molecule has 0 radical (unpaired) electrons. The fourth-order valence-corrected chi connectivity index (χ4v) is 5.85. The van der Waals surface area contributed by atoms with Crippen LogP contribution in [0.4, 0.5) is 0 Å². The monoisotopic (exact) mass is 396 g/mol. The third kappa shape index (κ3) is 4.95. The van der Waals surface area contributed by atoms with Crippen LogP contribution in [0.3, 0.4) is 0 Å². The maximum Gasteiger partial charge on any atom is 0.246 e. The predicted molar refractivity (Wildman–Crippen MR) is 106 cm³/mol. The highest BCUT2D eigenvalue weighted by molar-refractivity contribution is 7.89. The number of benzene rings is 1. The number of rotatable bonds is 7. The van der Waals surface area contributed by atoms with Gasteiger partial charge in [0.05, 0.1) is 14.2 Å². The molecule has 1 aromatic rings. The first-order valence-corrected chi connectivity index (χ1v) is 11.4. The van der Waals surface area contributed by atoms with Crippen molar-refractivity contribution in [2.45, 2.75) is 43.4 Å². The molecule has 0 unspecified atom stereocenters. The van der Waals surface area contributed by atoms with Gasteiger partial charge in [0.15, 0.2) is 0 Å². The van der Waals surface area contributed by atoms with Crippen molar-refractivity contribution in [1.82, 2.24) is 9.62 Å². The van der Waals surface area contributed by atoms with Gasteiger partial charge in [-0.1, -0.05) is 12.8 Å². The summed E-state index contributed by atoms with van der Waals surface area (Å²) in [4.78, 5) is 0.192. The number of hydrogen-bond acceptors (Lipinski definition) is 5. The summed E-state index contributed by atoms with van der Waals surface area (Å²) in [5, 5.41) is 3.42. The molecule has 2 saturated heterocycles. The van der Waals surface area contributed by atoms with Gasteiger partial charge in [-0.25, -0.2) is 8.42 Å². The highest BCUT2D eigenvalue weighted by Crippen LogP contribution is 2.34. The molecule has 1 aromatic carbocycles. The summed E-state index contributed by atoms with van der Waals surface area (Å²) in [5.74, 6) is 2.36.